The molecule has 3 heterocycles. The van der Waals surface area contributed by atoms with Crippen molar-refractivity contribution in [2.24, 2.45) is 0 Å². The quantitative estimate of drug-likeness (QED) is 0.677. The first kappa shape index (κ1) is 15.3. The van der Waals surface area contributed by atoms with Crippen LogP contribution in [0.4, 0.5) is 0 Å². The molecule has 0 amide bonds. The van der Waals surface area contributed by atoms with E-state index >= 15 is 0 Å². The van der Waals surface area contributed by atoms with E-state index in [2.05, 4.69) is 40.1 Å². The molecule has 0 bridgehead atoms. The molecule has 0 aliphatic rings. The lowest BCUT2D eigenvalue weighted by atomic mass is 9.73. The Kier molecular flexibility index (Phi) is 4.77. The topological polar surface area (TPSA) is 38.7 Å². The van der Waals surface area contributed by atoms with Gasteiger partial charge in [0.2, 0.25) is 0 Å². The molecule has 3 nitrogen and oxygen atoms in total. The fourth-order valence-corrected chi connectivity index (χ4v) is 3.07. The van der Waals surface area contributed by atoms with E-state index in [-0.39, 0.29) is 0 Å². The molecular formula is C20H21N3. The monoisotopic (exact) mass is 303 g/mol. The van der Waals surface area contributed by atoms with Gasteiger partial charge in [0.1, 0.15) is 0 Å². The minimum absolute atomic E-state index is 0.403. The number of aromatic nitrogens is 3. The summed E-state index contributed by atoms with van der Waals surface area (Å²) in [5, 5.41) is 0. The van der Waals surface area contributed by atoms with Crippen molar-refractivity contribution in [3.63, 3.8) is 0 Å². The Hall–Kier alpha value is -2.55. The third kappa shape index (κ3) is 3.00. The molecule has 0 unspecified atom stereocenters. The zero-order valence-electron chi connectivity index (χ0n) is 13.4. The molecule has 0 fully saturated rings. The van der Waals surface area contributed by atoms with Crippen LogP contribution in [0.1, 0.15) is 43.3 Å². The molecule has 0 saturated heterocycles. The Bertz CT molecular complexity index is 615. The molecule has 3 rings (SSSR count). The minimum Gasteiger partial charge on any atom is -0.260 e. The van der Waals surface area contributed by atoms with Crippen molar-refractivity contribution < 1.29 is 0 Å². The lowest BCUT2D eigenvalue weighted by molar-refractivity contribution is 0.490. The molecule has 3 aromatic rings. The first-order valence-electron chi connectivity index (χ1n) is 8.12. The number of nitrogens with zero attached hydrogens (tertiary/aromatic N) is 3. The Balaban J connectivity index is 2.25. The second-order valence-corrected chi connectivity index (χ2v) is 5.65. The van der Waals surface area contributed by atoms with Crippen molar-refractivity contribution in [1.29, 1.82) is 0 Å². The predicted octanol–water partition coefficient (Wildman–Crippen LogP) is 4.40. The van der Waals surface area contributed by atoms with E-state index in [9.17, 15) is 0 Å². The number of hydrogen-bond donors (Lipinski definition) is 0. The molecule has 0 radical (unpaired) electrons. The van der Waals surface area contributed by atoms with Gasteiger partial charge in [-0.2, -0.15) is 0 Å². The van der Waals surface area contributed by atoms with Gasteiger partial charge in [-0.1, -0.05) is 38.0 Å². The lowest BCUT2D eigenvalue weighted by Gasteiger charge is -2.32. The Morgan fingerprint density at radius 1 is 0.696 bits per heavy atom. The molecule has 3 aromatic heterocycles. The second kappa shape index (κ2) is 7.14. The van der Waals surface area contributed by atoms with E-state index in [0.29, 0.717) is 0 Å². The van der Waals surface area contributed by atoms with Crippen LogP contribution in [-0.4, -0.2) is 15.0 Å². The van der Waals surface area contributed by atoms with Crippen molar-refractivity contribution in [3.8, 4) is 0 Å². The highest BCUT2D eigenvalue weighted by Gasteiger charge is 2.39. The maximum Gasteiger partial charge on any atom is 0.0966 e. The largest absolute Gasteiger partial charge is 0.260 e. The van der Waals surface area contributed by atoms with E-state index in [0.717, 1.165) is 36.3 Å². The van der Waals surface area contributed by atoms with Gasteiger partial charge in [0, 0.05) is 18.6 Å². The molecule has 116 valence electrons. The number of pyridine rings is 3. The van der Waals surface area contributed by atoms with E-state index in [1.54, 1.807) is 0 Å². The molecule has 3 heteroatoms. The van der Waals surface area contributed by atoms with Crippen LogP contribution in [0.5, 0.6) is 0 Å². The summed E-state index contributed by atoms with van der Waals surface area (Å²) in [6.45, 7) is 2.21. The molecular weight excluding hydrogens is 282 g/mol. The first-order chi connectivity index (χ1) is 11.4. The highest BCUT2D eigenvalue weighted by molar-refractivity contribution is 5.42. The maximum atomic E-state index is 4.68. The summed E-state index contributed by atoms with van der Waals surface area (Å²) in [5.41, 5.74) is 2.61. The number of hydrogen-bond acceptors (Lipinski definition) is 3. The van der Waals surface area contributed by atoms with Gasteiger partial charge in [0.05, 0.1) is 22.5 Å². The summed E-state index contributed by atoms with van der Waals surface area (Å²) >= 11 is 0. The van der Waals surface area contributed by atoms with E-state index < -0.39 is 5.41 Å². The summed E-state index contributed by atoms with van der Waals surface area (Å²) in [6, 6.07) is 18.2. The first-order valence-corrected chi connectivity index (χ1v) is 8.12. The highest BCUT2D eigenvalue weighted by Crippen LogP contribution is 2.40. The molecule has 23 heavy (non-hydrogen) atoms. The van der Waals surface area contributed by atoms with Crippen LogP contribution in [0.2, 0.25) is 0 Å². The smallest absolute Gasteiger partial charge is 0.0966 e. The van der Waals surface area contributed by atoms with Gasteiger partial charge in [-0.05, 0) is 42.8 Å². The van der Waals surface area contributed by atoms with Crippen molar-refractivity contribution >= 4 is 0 Å². The zero-order chi connectivity index (χ0) is 16.0. The summed E-state index contributed by atoms with van der Waals surface area (Å²) < 4.78 is 0. The Labute approximate surface area is 137 Å². The van der Waals surface area contributed by atoms with Gasteiger partial charge in [0.25, 0.3) is 0 Å². The third-order valence-corrected chi connectivity index (χ3v) is 4.21. The van der Waals surface area contributed by atoms with E-state index in [1.807, 2.05) is 55.0 Å². The summed E-state index contributed by atoms with van der Waals surface area (Å²) in [4.78, 5) is 14.0. The fraction of sp³-hybridized carbons (Fsp3) is 0.250. The van der Waals surface area contributed by atoms with Gasteiger partial charge in [-0.3, -0.25) is 15.0 Å². The molecule has 0 aliphatic heterocycles. The average molecular weight is 303 g/mol. The van der Waals surface area contributed by atoms with Gasteiger partial charge in [-0.25, -0.2) is 0 Å². The Morgan fingerprint density at radius 2 is 1.13 bits per heavy atom. The highest BCUT2D eigenvalue weighted by atomic mass is 14.8. The van der Waals surface area contributed by atoms with Gasteiger partial charge in [-0.15, -0.1) is 0 Å². The summed E-state index contributed by atoms with van der Waals surface area (Å²) in [5.74, 6) is 0. The van der Waals surface area contributed by atoms with Crippen molar-refractivity contribution in [2.75, 3.05) is 0 Å². The van der Waals surface area contributed by atoms with E-state index in [4.69, 9.17) is 0 Å². The molecule has 0 aromatic carbocycles. The normalized spacial score (nSPS) is 11.3. The van der Waals surface area contributed by atoms with Crippen LogP contribution in [0.25, 0.3) is 0 Å². The SMILES string of the molecule is CCCCC(c1ccccn1)(c1ccccn1)c1ccccn1. The summed E-state index contributed by atoms with van der Waals surface area (Å²) in [7, 11) is 0. The minimum atomic E-state index is -0.403. The predicted molar refractivity (Wildman–Crippen MR) is 92.1 cm³/mol. The maximum absolute atomic E-state index is 4.68. The van der Waals surface area contributed by atoms with Crippen LogP contribution >= 0.6 is 0 Å². The second-order valence-electron chi connectivity index (χ2n) is 5.65. The molecule has 0 N–H and O–H groups in total. The molecule has 0 saturated carbocycles. The summed E-state index contributed by atoms with van der Waals surface area (Å²) in [6.07, 6.45) is 8.69. The number of rotatable bonds is 6. The van der Waals surface area contributed by atoms with Crippen molar-refractivity contribution in [3.05, 3.63) is 90.3 Å². The molecule has 0 aliphatic carbocycles. The zero-order valence-corrected chi connectivity index (χ0v) is 13.4. The molecule has 0 atom stereocenters. The van der Waals surface area contributed by atoms with Crippen LogP contribution in [0.15, 0.2) is 73.2 Å². The fourth-order valence-electron chi connectivity index (χ4n) is 3.07. The van der Waals surface area contributed by atoms with Crippen molar-refractivity contribution in [2.45, 2.75) is 31.6 Å². The van der Waals surface area contributed by atoms with Crippen LogP contribution in [0.3, 0.4) is 0 Å². The van der Waals surface area contributed by atoms with Crippen molar-refractivity contribution in [1.82, 2.24) is 15.0 Å². The average Bonchev–Trinajstić information content (AvgIpc) is 2.65. The van der Waals surface area contributed by atoms with Crippen LogP contribution in [-0.2, 0) is 5.41 Å². The number of unbranched alkanes of at least 4 members (excludes halogenated alkanes) is 1. The van der Waals surface area contributed by atoms with Gasteiger partial charge < -0.3 is 0 Å². The van der Waals surface area contributed by atoms with E-state index in [1.165, 1.54) is 0 Å². The van der Waals surface area contributed by atoms with Crippen LogP contribution < -0.4 is 0 Å². The Morgan fingerprint density at radius 3 is 1.43 bits per heavy atom. The standard InChI is InChI=1S/C20H21N3/c1-2-3-13-20(17-10-4-7-14-21-17,18-11-5-8-15-22-18)19-12-6-9-16-23-19/h4-12,14-16H,2-3,13H2,1H3. The molecule has 0 spiro atoms. The van der Waals surface area contributed by atoms with Crippen LogP contribution in [0, 0.1) is 0 Å². The lowest BCUT2D eigenvalue weighted by Crippen LogP contribution is -2.32. The van der Waals surface area contributed by atoms with Gasteiger partial charge in [0.15, 0.2) is 0 Å². The van der Waals surface area contributed by atoms with Gasteiger partial charge >= 0.3 is 0 Å². The third-order valence-electron chi connectivity index (χ3n) is 4.21.